The third-order valence-electron chi connectivity index (χ3n) is 2.09. The van der Waals surface area contributed by atoms with Crippen LogP contribution in [0, 0.1) is 19.7 Å². The number of rotatable bonds is 3. The lowest BCUT2D eigenvalue weighted by Crippen LogP contribution is -2.07. The molecule has 0 saturated carbocycles. The fourth-order valence-electron chi connectivity index (χ4n) is 1.39. The molecule has 0 atom stereocenters. The Kier molecular flexibility index (Phi) is 3.61. The number of hydrogen-bond acceptors (Lipinski definition) is 1. The van der Waals surface area contributed by atoms with Gasteiger partial charge in [-0.1, -0.05) is 12.2 Å². The van der Waals surface area contributed by atoms with Crippen molar-refractivity contribution in [3.8, 4) is 0 Å². The molecular formula is C12H14FNO. The second kappa shape index (κ2) is 4.73. The molecule has 0 heterocycles. The summed E-state index contributed by atoms with van der Waals surface area (Å²) in [7, 11) is 0. The van der Waals surface area contributed by atoms with Gasteiger partial charge in [-0.05, 0) is 42.7 Å². The molecule has 1 aromatic carbocycles. The molecule has 1 rings (SSSR count). The molecule has 0 bridgehead atoms. The Morgan fingerprint density at radius 3 is 2.40 bits per heavy atom. The Bertz CT molecular complexity index is 387. The molecule has 1 aromatic rings. The van der Waals surface area contributed by atoms with Crippen LogP contribution in [0.15, 0.2) is 18.2 Å². The molecule has 1 amide bonds. The summed E-state index contributed by atoms with van der Waals surface area (Å²) >= 11 is 0. The van der Waals surface area contributed by atoms with E-state index in [9.17, 15) is 9.18 Å². The summed E-state index contributed by atoms with van der Waals surface area (Å²) in [5, 5.41) is 0. The maximum absolute atomic E-state index is 13.3. The van der Waals surface area contributed by atoms with Gasteiger partial charge in [0, 0.05) is 6.42 Å². The first-order chi connectivity index (χ1) is 7.00. The highest BCUT2D eigenvalue weighted by Crippen LogP contribution is 2.15. The summed E-state index contributed by atoms with van der Waals surface area (Å²) < 4.78 is 13.3. The third-order valence-corrected chi connectivity index (χ3v) is 2.09. The van der Waals surface area contributed by atoms with E-state index in [4.69, 9.17) is 5.73 Å². The molecule has 0 spiro atoms. The van der Waals surface area contributed by atoms with Gasteiger partial charge in [-0.2, -0.15) is 0 Å². The molecule has 0 fully saturated rings. The highest BCUT2D eigenvalue weighted by Gasteiger charge is 2.01. The van der Waals surface area contributed by atoms with Gasteiger partial charge < -0.3 is 5.73 Å². The maximum atomic E-state index is 13.3. The van der Waals surface area contributed by atoms with Crippen molar-refractivity contribution >= 4 is 12.0 Å². The van der Waals surface area contributed by atoms with Gasteiger partial charge in [0.15, 0.2) is 0 Å². The van der Waals surface area contributed by atoms with Crippen molar-refractivity contribution in [2.75, 3.05) is 0 Å². The van der Waals surface area contributed by atoms with Crippen LogP contribution in [0.2, 0.25) is 0 Å². The van der Waals surface area contributed by atoms with Crippen molar-refractivity contribution in [1.29, 1.82) is 0 Å². The fraction of sp³-hybridized carbons (Fsp3) is 0.250. The highest BCUT2D eigenvalue weighted by atomic mass is 19.1. The van der Waals surface area contributed by atoms with E-state index < -0.39 is 0 Å². The molecule has 0 saturated heterocycles. The van der Waals surface area contributed by atoms with Crippen LogP contribution in [0.1, 0.15) is 23.1 Å². The molecular weight excluding hydrogens is 193 g/mol. The molecule has 2 N–H and O–H groups in total. The Balaban J connectivity index is 2.87. The zero-order chi connectivity index (χ0) is 11.4. The quantitative estimate of drug-likeness (QED) is 0.812. The first-order valence-electron chi connectivity index (χ1n) is 4.72. The van der Waals surface area contributed by atoms with Crippen LogP contribution in [0.3, 0.4) is 0 Å². The molecule has 0 radical (unpaired) electrons. The minimum atomic E-state index is -0.373. The molecule has 0 aromatic heterocycles. The smallest absolute Gasteiger partial charge is 0.221 e. The van der Waals surface area contributed by atoms with Gasteiger partial charge in [0.05, 0.1) is 0 Å². The largest absolute Gasteiger partial charge is 0.369 e. The average Bonchev–Trinajstić information content (AvgIpc) is 2.13. The summed E-state index contributed by atoms with van der Waals surface area (Å²) in [4.78, 5) is 10.5. The van der Waals surface area contributed by atoms with Gasteiger partial charge in [-0.15, -0.1) is 0 Å². The Morgan fingerprint density at radius 1 is 1.40 bits per heavy atom. The molecule has 0 unspecified atom stereocenters. The second-order valence-corrected chi connectivity index (χ2v) is 3.54. The Hall–Kier alpha value is -1.64. The summed E-state index contributed by atoms with van der Waals surface area (Å²) in [6.07, 6.45) is 3.65. The van der Waals surface area contributed by atoms with Gasteiger partial charge in [0.25, 0.3) is 0 Å². The first-order valence-corrected chi connectivity index (χ1v) is 4.72. The summed E-state index contributed by atoms with van der Waals surface area (Å²) in [6, 6.07) is 3.47. The number of hydrogen-bond donors (Lipinski definition) is 1. The van der Waals surface area contributed by atoms with E-state index in [0.29, 0.717) is 11.1 Å². The van der Waals surface area contributed by atoms with E-state index in [-0.39, 0.29) is 18.1 Å². The predicted octanol–water partition coefficient (Wildman–Crippen LogP) is 2.33. The van der Waals surface area contributed by atoms with Crippen molar-refractivity contribution < 1.29 is 9.18 Å². The SMILES string of the molecule is Cc1cc(C=CCC(N)=O)cc(C)c1F. The van der Waals surface area contributed by atoms with Crippen LogP contribution in [0.5, 0.6) is 0 Å². The number of nitrogens with two attached hydrogens (primary N) is 1. The van der Waals surface area contributed by atoms with Crippen molar-refractivity contribution in [3.05, 3.63) is 40.7 Å². The van der Waals surface area contributed by atoms with Crippen LogP contribution in [-0.2, 0) is 4.79 Å². The number of aryl methyl sites for hydroxylation is 2. The van der Waals surface area contributed by atoms with Gasteiger partial charge >= 0.3 is 0 Å². The van der Waals surface area contributed by atoms with Crippen LogP contribution in [0.25, 0.3) is 6.08 Å². The summed E-state index contributed by atoms with van der Waals surface area (Å²) in [5.74, 6) is -0.552. The van der Waals surface area contributed by atoms with Crippen molar-refractivity contribution in [2.45, 2.75) is 20.3 Å². The minimum Gasteiger partial charge on any atom is -0.369 e. The number of halogens is 1. The van der Waals surface area contributed by atoms with E-state index in [1.54, 1.807) is 38.1 Å². The third kappa shape index (κ3) is 3.20. The van der Waals surface area contributed by atoms with E-state index in [1.165, 1.54) is 0 Å². The fourth-order valence-corrected chi connectivity index (χ4v) is 1.39. The van der Waals surface area contributed by atoms with Gasteiger partial charge in [0.1, 0.15) is 5.82 Å². The van der Waals surface area contributed by atoms with E-state index in [1.807, 2.05) is 0 Å². The monoisotopic (exact) mass is 207 g/mol. The number of carbonyl (C=O) groups excluding carboxylic acids is 1. The van der Waals surface area contributed by atoms with Gasteiger partial charge in [-0.3, -0.25) is 4.79 Å². The van der Waals surface area contributed by atoms with Crippen LogP contribution < -0.4 is 5.73 Å². The zero-order valence-electron chi connectivity index (χ0n) is 8.88. The number of amides is 1. The molecule has 0 aliphatic heterocycles. The zero-order valence-corrected chi connectivity index (χ0v) is 8.88. The molecule has 15 heavy (non-hydrogen) atoms. The van der Waals surface area contributed by atoms with Gasteiger partial charge in [0.2, 0.25) is 5.91 Å². The highest BCUT2D eigenvalue weighted by molar-refractivity contribution is 5.76. The van der Waals surface area contributed by atoms with Gasteiger partial charge in [-0.25, -0.2) is 4.39 Å². The van der Waals surface area contributed by atoms with Crippen molar-refractivity contribution in [1.82, 2.24) is 0 Å². The minimum absolute atomic E-state index is 0.179. The van der Waals surface area contributed by atoms with Crippen LogP contribution in [0.4, 0.5) is 4.39 Å². The van der Waals surface area contributed by atoms with E-state index in [2.05, 4.69) is 0 Å². The number of primary amides is 1. The number of benzene rings is 1. The Morgan fingerprint density at radius 2 is 1.93 bits per heavy atom. The van der Waals surface area contributed by atoms with Crippen molar-refractivity contribution in [2.24, 2.45) is 5.73 Å². The maximum Gasteiger partial charge on any atom is 0.221 e. The topological polar surface area (TPSA) is 43.1 Å². The van der Waals surface area contributed by atoms with Crippen molar-refractivity contribution in [3.63, 3.8) is 0 Å². The van der Waals surface area contributed by atoms with Crippen LogP contribution in [-0.4, -0.2) is 5.91 Å². The molecule has 0 aliphatic rings. The molecule has 3 heteroatoms. The Labute approximate surface area is 88.6 Å². The lowest BCUT2D eigenvalue weighted by Gasteiger charge is -2.02. The second-order valence-electron chi connectivity index (χ2n) is 3.54. The summed E-state index contributed by atoms with van der Waals surface area (Å²) in [6.45, 7) is 3.43. The molecule has 80 valence electrons. The van der Waals surface area contributed by atoms with E-state index >= 15 is 0 Å². The first kappa shape index (κ1) is 11.4. The lowest BCUT2D eigenvalue weighted by atomic mass is 10.1. The van der Waals surface area contributed by atoms with E-state index in [0.717, 1.165) is 5.56 Å². The number of carbonyl (C=O) groups is 1. The average molecular weight is 207 g/mol. The molecule has 0 aliphatic carbocycles. The standard InChI is InChI=1S/C12H14FNO/c1-8-6-10(4-3-5-11(14)15)7-9(2)12(8)13/h3-4,6-7H,5H2,1-2H3,(H2,14,15). The predicted molar refractivity (Wildman–Crippen MR) is 58.7 cm³/mol. The van der Waals surface area contributed by atoms with Crippen LogP contribution >= 0.6 is 0 Å². The summed E-state index contributed by atoms with van der Waals surface area (Å²) in [5.41, 5.74) is 7.08. The normalized spacial score (nSPS) is 10.9. The molecule has 2 nitrogen and oxygen atoms in total. The lowest BCUT2D eigenvalue weighted by molar-refractivity contribution is -0.117.